The first-order valence-corrected chi connectivity index (χ1v) is 9.62. The van der Waals surface area contributed by atoms with Gasteiger partial charge in [-0.1, -0.05) is 0 Å². The van der Waals surface area contributed by atoms with Gasteiger partial charge in [-0.25, -0.2) is 4.39 Å². The summed E-state index contributed by atoms with van der Waals surface area (Å²) in [5, 5.41) is 0.255. The van der Waals surface area contributed by atoms with Gasteiger partial charge in [0.2, 0.25) is 0 Å². The normalized spacial score (nSPS) is 11.7. The summed E-state index contributed by atoms with van der Waals surface area (Å²) in [6.45, 7) is 2.66. The third-order valence-corrected chi connectivity index (χ3v) is 5.81. The van der Waals surface area contributed by atoms with Crippen molar-refractivity contribution in [1.29, 1.82) is 0 Å². The number of nitrogens with zero attached hydrogens (tertiary/aromatic N) is 1. The van der Waals surface area contributed by atoms with Crippen LogP contribution >= 0.6 is 23.1 Å². The number of rotatable bonds is 4. The molecule has 2 aromatic heterocycles. The minimum atomic E-state index is -4.48. The minimum absolute atomic E-state index is 0.0161. The summed E-state index contributed by atoms with van der Waals surface area (Å²) < 4.78 is 63.1. The van der Waals surface area contributed by atoms with Crippen LogP contribution in [0, 0.1) is 12.7 Å². The zero-order valence-corrected chi connectivity index (χ0v) is 16.9. The van der Waals surface area contributed by atoms with E-state index in [1.54, 1.807) is 0 Å². The molecule has 0 radical (unpaired) electrons. The molecule has 3 rings (SSSR count). The van der Waals surface area contributed by atoms with Crippen molar-refractivity contribution in [1.82, 2.24) is 4.57 Å². The Balaban J connectivity index is 2.15. The molecule has 0 aliphatic carbocycles. The molecule has 0 aliphatic heterocycles. The van der Waals surface area contributed by atoms with Crippen LogP contribution in [-0.4, -0.2) is 29.1 Å². The maximum absolute atomic E-state index is 14.3. The van der Waals surface area contributed by atoms with Crippen molar-refractivity contribution in [3.8, 4) is 11.5 Å². The lowest BCUT2D eigenvalue weighted by atomic mass is 10.2. The SMILES string of the molecule is COc1cc2c(OC(C)=O)c(C)n(C(=O)c3ccc(SC(F)(F)F)s3)c2cc1F. The summed E-state index contributed by atoms with van der Waals surface area (Å²) in [5.74, 6) is -2.14. The fraction of sp³-hybridized carbons (Fsp3) is 0.222. The summed E-state index contributed by atoms with van der Waals surface area (Å²) in [6.07, 6.45) is 0. The molecular formula is C18H13F4NO4S2. The van der Waals surface area contributed by atoms with Crippen LogP contribution in [0.25, 0.3) is 10.9 Å². The van der Waals surface area contributed by atoms with Crippen molar-refractivity contribution in [3.05, 3.63) is 40.7 Å². The number of halogens is 4. The lowest BCUT2D eigenvalue weighted by Gasteiger charge is -2.06. The third-order valence-electron chi connectivity index (χ3n) is 3.88. The van der Waals surface area contributed by atoms with Crippen molar-refractivity contribution in [2.45, 2.75) is 23.6 Å². The van der Waals surface area contributed by atoms with Crippen LogP contribution in [-0.2, 0) is 4.79 Å². The molecule has 2 heterocycles. The number of carbonyl (C=O) groups excluding carboxylic acids is 2. The Labute approximate surface area is 170 Å². The number of carbonyl (C=O) groups is 2. The van der Waals surface area contributed by atoms with E-state index in [4.69, 9.17) is 9.47 Å². The van der Waals surface area contributed by atoms with Gasteiger partial charge >= 0.3 is 11.5 Å². The molecule has 0 bridgehead atoms. The number of thiophene rings is 1. The molecule has 0 atom stereocenters. The predicted molar refractivity (Wildman–Crippen MR) is 100 cm³/mol. The largest absolute Gasteiger partial charge is 0.494 e. The van der Waals surface area contributed by atoms with Gasteiger partial charge in [0.1, 0.15) is 0 Å². The molecule has 3 aromatic rings. The first-order chi connectivity index (χ1) is 13.5. The number of ether oxygens (including phenoxy) is 2. The van der Waals surface area contributed by atoms with Crippen molar-refractivity contribution in [2.75, 3.05) is 7.11 Å². The van der Waals surface area contributed by atoms with Crippen molar-refractivity contribution < 1.29 is 36.6 Å². The summed E-state index contributed by atoms with van der Waals surface area (Å²) in [4.78, 5) is 24.5. The van der Waals surface area contributed by atoms with Gasteiger partial charge in [-0.3, -0.25) is 14.2 Å². The van der Waals surface area contributed by atoms with E-state index in [1.165, 1.54) is 39.2 Å². The lowest BCUT2D eigenvalue weighted by molar-refractivity contribution is -0.131. The van der Waals surface area contributed by atoms with Gasteiger partial charge in [-0.05, 0) is 36.9 Å². The second-order valence-corrected chi connectivity index (χ2v) is 8.27. The topological polar surface area (TPSA) is 57.5 Å². The zero-order valence-electron chi connectivity index (χ0n) is 15.2. The van der Waals surface area contributed by atoms with E-state index in [2.05, 4.69) is 0 Å². The van der Waals surface area contributed by atoms with Gasteiger partial charge in [0.05, 0.1) is 27.4 Å². The minimum Gasteiger partial charge on any atom is -0.494 e. The molecule has 11 heteroatoms. The summed E-state index contributed by atoms with van der Waals surface area (Å²) >= 11 is 0.336. The number of hydrogen-bond acceptors (Lipinski definition) is 6. The summed E-state index contributed by atoms with van der Waals surface area (Å²) in [7, 11) is 1.26. The number of methoxy groups -OCH3 is 1. The smallest absolute Gasteiger partial charge is 0.447 e. The standard InChI is InChI=1S/C18H13F4NO4S2/c1-8-16(27-9(2)24)10-6-13(26-3)11(19)7-12(10)23(8)17(25)14-4-5-15(28-14)29-18(20,21)22/h4-7H,1-3H3. The molecule has 0 amide bonds. The number of esters is 1. The molecule has 0 aliphatic rings. The fourth-order valence-corrected chi connectivity index (χ4v) is 4.54. The number of hydrogen-bond donors (Lipinski definition) is 0. The average molecular weight is 447 g/mol. The van der Waals surface area contributed by atoms with E-state index in [0.29, 0.717) is 11.3 Å². The van der Waals surface area contributed by atoms with Gasteiger partial charge in [0.25, 0.3) is 5.91 Å². The Morgan fingerprint density at radius 1 is 1.21 bits per heavy atom. The Hall–Kier alpha value is -2.53. The molecule has 0 saturated heterocycles. The van der Waals surface area contributed by atoms with E-state index in [-0.39, 0.29) is 48.9 Å². The van der Waals surface area contributed by atoms with Crippen LogP contribution in [0.5, 0.6) is 11.5 Å². The fourth-order valence-electron chi connectivity index (χ4n) is 2.79. The maximum Gasteiger partial charge on any atom is 0.447 e. The molecule has 0 N–H and O–H groups in total. The summed E-state index contributed by atoms with van der Waals surface area (Å²) in [6, 6.07) is 4.79. The van der Waals surface area contributed by atoms with Gasteiger partial charge in [-0.2, -0.15) is 13.2 Å². The molecule has 0 spiro atoms. The van der Waals surface area contributed by atoms with Crippen LogP contribution in [0.1, 0.15) is 22.3 Å². The highest BCUT2D eigenvalue weighted by Gasteiger charge is 2.31. The van der Waals surface area contributed by atoms with Crippen LogP contribution < -0.4 is 9.47 Å². The van der Waals surface area contributed by atoms with Crippen molar-refractivity contribution in [2.24, 2.45) is 0 Å². The van der Waals surface area contributed by atoms with E-state index < -0.39 is 23.2 Å². The summed E-state index contributed by atoms with van der Waals surface area (Å²) in [5.41, 5.74) is -4.18. The van der Waals surface area contributed by atoms with Gasteiger partial charge in [0.15, 0.2) is 17.3 Å². The predicted octanol–water partition coefficient (Wildman–Crippen LogP) is 5.38. The van der Waals surface area contributed by atoms with Gasteiger partial charge in [0, 0.05) is 18.4 Å². The Morgan fingerprint density at radius 3 is 2.48 bits per heavy atom. The molecule has 29 heavy (non-hydrogen) atoms. The van der Waals surface area contributed by atoms with E-state index in [0.717, 1.165) is 10.6 Å². The van der Waals surface area contributed by atoms with Gasteiger partial charge in [-0.15, -0.1) is 11.3 Å². The Kier molecular flexibility index (Phi) is 5.63. The number of thioether (sulfide) groups is 1. The van der Waals surface area contributed by atoms with Gasteiger partial charge < -0.3 is 9.47 Å². The Bertz CT molecular complexity index is 1120. The number of aromatic nitrogens is 1. The second-order valence-electron chi connectivity index (χ2n) is 5.82. The molecule has 1 aromatic carbocycles. The average Bonchev–Trinajstić information content (AvgIpc) is 3.15. The molecule has 154 valence electrons. The highest BCUT2D eigenvalue weighted by Crippen LogP contribution is 2.41. The Morgan fingerprint density at radius 2 is 1.90 bits per heavy atom. The van der Waals surface area contributed by atoms with Crippen LogP contribution in [0.15, 0.2) is 28.5 Å². The van der Waals surface area contributed by atoms with E-state index in [1.807, 2.05) is 0 Å². The van der Waals surface area contributed by atoms with Crippen LogP contribution in [0.3, 0.4) is 0 Å². The number of alkyl halides is 3. The monoisotopic (exact) mass is 447 g/mol. The van der Waals surface area contributed by atoms with Crippen molar-refractivity contribution >= 4 is 45.9 Å². The van der Waals surface area contributed by atoms with Crippen LogP contribution in [0.4, 0.5) is 17.6 Å². The molecule has 5 nitrogen and oxygen atoms in total. The third kappa shape index (κ3) is 4.25. The second kappa shape index (κ2) is 7.71. The van der Waals surface area contributed by atoms with Crippen molar-refractivity contribution in [3.63, 3.8) is 0 Å². The highest BCUT2D eigenvalue weighted by atomic mass is 32.2. The first kappa shape index (κ1) is 21.2. The maximum atomic E-state index is 14.3. The molecule has 0 unspecified atom stereocenters. The zero-order chi connectivity index (χ0) is 21.5. The molecular weight excluding hydrogens is 434 g/mol. The van der Waals surface area contributed by atoms with Crippen LogP contribution in [0.2, 0.25) is 0 Å². The molecule has 0 fully saturated rings. The van der Waals surface area contributed by atoms with E-state index in [9.17, 15) is 27.2 Å². The molecule has 0 saturated carbocycles. The van der Waals surface area contributed by atoms with E-state index >= 15 is 0 Å². The highest BCUT2D eigenvalue weighted by molar-refractivity contribution is 8.02. The number of fused-ring (bicyclic) bond motifs is 1. The first-order valence-electron chi connectivity index (χ1n) is 7.99. The quantitative estimate of drug-likeness (QED) is 0.305. The number of benzene rings is 1. The lowest BCUT2D eigenvalue weighted by Crippen LogP contribution is -2.12.